The highest BCUT2D eigenvalue weighted by Crippen LogP contribution is 2.37. The molecule has 3 heterocycles. The number of aliphatic hydroxyl groups is 2. The van der Waals surface area contributed by atoms with Gasteiger partial charge in [-0.05, 0) is 58.1 Å². The number of anilines is 2. The maximum atomic E-state index is 12.7. The summed E-state index contributed by atoms with van der Waals surface area (Å²) in [5, 5.41) is 28.8. The van der Waals surface area contributed by atoms with Crippen molar-refractivity contribution in [3.63, 3.8) is 0 Å². The van der Waals surface area contributed by atoms with Gasteiger partial charge in [0, 0.05) is 25.2 Å². The second-order valence-electron chi connectivity index (χ2n) is 10.6. The number of nitrogens with zero attached hydrogens (tertiary/aromatic N) is 5. The van der Waals surface area contributed by atoms with Crippen molar-refractivity contribution in [2.45, 2.75) is 63.9 Å². The molecule has 1 aliphatic heterocycles. The first-order valence-electron chi connectivity index (χ1n) is 11.7. The highest BCUT2D eigenvalue weighted by atomic mass is 19.3. The van der Waals surface area contributed by atoms with Gasteiger partial charge in [-0.25, -0.2) is 4.68 Å². The Balaban J connectivity index is 1.48. The van der Waals surface area contributed by atoms with Crippen LogP contribution in [0.15, 0.2) is 30.5 Å². The molecule has 0 radical (unpaired) electrons. The molecule has 9 nitrogen and oxygen atoms in total. The third-order valence-electron chi connectivity index (χ3n) is 6.45. The fourth-order valence-corrected chi connectivity index (χ4v) is 5.04. The van der Waals surface area contributed by atoms with Gasteiger partial charge in [-0.15, -0.1) is 0 Å². The van der Waals surface area contributed by atoms with Crippen LogP contribution in [0, 0.1) is 5.92 Å². The molecule has 0 atom stereocenters. The molecule has 3 N–H and O–H groups in total. The summed E-state index contributed by atoms with van der Waals surface area (Å²) < 4.78 is 31.6. The summed E-state index contributed by atoms with van der Waals surface area (Å²) in [6, 6.07) is 6.36. The lowest BCUT2D eigenvalue weighted by atomic mass is 9.77. The highest BCUT2D eigenvalue weighted by molar-refractivity contribution is 5.89. The van der Waals surface area contributed by atoms with Crippen LogP contribution in [0.1, 0.15) is 40.0 Å². The van der Waals surface area contributed by atoms with E-state index in [0.29, 0.717) is 42.5 Å². The normalized spacial score (nSPS) is 22.9. The molecule has 11 heteroatoms. The van der Waals surface area contributed by atoms with E-state index in [-0.39, 0.29) is 11.8 Å². The Labute approximate surface area is 201 Å². The van der Waals surface area contributed by atoms with Gasteiger partial charge in [0.25, 0.3) is 0 Å². The summed E-state index contributed by atoms with van der Waals surface area (Å²) >= 11 is 0. The molecule has 2 aromatic heterocycles. The molecule has 1 aliphatic carbocycles. The van der Waals surface area contributed by atoms with Crippen LogP contribution < -0.4 is 15.0 Å². The van der Waals surface area contributed by atoms with E-state index in [0.717, 1.165) is 24.3 Å². The molecular formula is C24H30F2N6O3. The van der Waals surface area contributed by atoms with Gasteiger partial charge in [0.1, 0.15) is 11.6 Å². The molecule has 1 aromatic carbocycles. The fraction of sp³-hybridized carbons (Fsp3) is 0.542. The van der Waals surface area contributed by atoms with E-state index in [1.54, 1.807) is 29.9 Å². The molecule has 0 amide bonds. The van der Waals surface area contributed by atoms with Crippen LogP contribution in [0.25, 0.3) is 16.7 Å². The van der Waals surface area contributed by atoms with Gasteiger partial charge in [0.05, 0.1) is 28.5 Å². The minimum atomic E-state index is -2.92. The Hall–Kier alpha value is -3.05. The molecule has 3 aromatic rings. The maximum Gasteiger partial charge on any atom is 0.387 e. The SMILES string of the molecule is CC(C)(O)CC1CN(c2nc(NC3CC(C)(O)C3)nc3c2cnn3-c2cccc(OC(F)F)c2)C1. The number of ether oxygens (including phenoxy) is 1. The number of aromatic nitrogens is 4. The number of fused-ring (bicyclic) bond motifs is 1. The Morgan fingerprint density at radius 3 is 2.66 bits per heavy atom. The second kappa shape index (κ2) is 8.56. The number of halogens is 2. The van der Waals surface area contributed by atoms with E-state index in [1.807, 2.05) is 13.8 Å². The summed E-state index contributed by atoms with van der Waals surface area (Å²) in [5.74, 6) is 1.52. The average Bonchev–Trinajstić information content (AvgIpc) is 3.11. The standard InChI is InChI=1S/C24H30F2N6O3/c1-23(2,33)8-14-12-31(13-14)19-18-11-27-32(16-5-4-6-17(7-16)35-21(25)26)20(18)30-22(29-19)28-15-9-24(3,34)10-15/h4-7,11,14-15,21,33-34H,8-10,12-13H2,1-3H3,(H,28,29,30). The molecule has 5 rings (SSSR count). The zero-order chi connectivity index (χ0) is 25.0. The number of alkyl halides is 2. The van der Waals surface area contributed by atoms with Crippen molar-refractivity contribution in [2.24, 2.45) is 5.92 Å². The largest absolute Gasteiger partial charge is 0.435 e. The van der Waals surface area contributed by atoms with Crippen LogP contribution in [-0.2, 0) is 0 Å². The van der Waals surface area contributed by atoms with Crippen molar-refractivity contribution >= 4 is 22.8 Å². The third-order valence-corrected chi connectivity index (χ3v) is 6.45. The van der Waals surface area contributed by atoms with Crippen molar-refractivity contribution in [3.8, 4) is 11.4 Å². The van der Waals surface area contributed by atoms with Gasteiger partial charge in [-0.2, -0.15) is 23.8 Å². The van der Waals surface area contributed by atoms with E-state index in [2.05, 4.69) is 20.1 Å². The zero-order valence-corrected chi connectivity index (χ0v) is 19.9. The summed E-state index contributed by atoms with van der Waals surface area (Å²) in [6.45, 7) is 3.99. The lowest BCUT2D eigenvalue weighted by Crippen LogP contribution is -2.50. The molecule has 1 saturated carbocycles. The summed E-state index contributed by atoms with van der Waals surface area (Å²) in [4.78, 5) is 11.6. The molecule has 2 fully saturated rings. The van der Waals surface area contributed by atoms with E-state index < -0.39 is 17.8 Å². The maximum absolute atomic E-state index is 12.7. The monoisotopic (exact) mass is 488 g/mol. The van der Waals surface area contributed by atoms with Crippen LogP contribution in [0.2, 0.25) is 0 Å². The van der Waals surface area contributed by atoms with Crippen LogP contribution >= 0.6 is 0 Å². The van der Waals surface area contributed by atoms with E-state index in [1.165, 1.54) is 12.1 Å². The van der Waals surface area contributed by atoms with Gasteiger partial charge >= 0.3 is 6.61 Å². The molecule has 2 aliphatic rings. The number of nitrogens with one attached hydrogen (secondary N) is 1. The van der Waals surface area contributed by atoms with Crippen molar-refractivity contribution < 1.29 is 23.7 Å². The molecule has 0 bridgehead atoms. The van der Waals surface area contributed by atoms with Crippen LogP contribution in [0.4, 0.5) is 20.5 Å². The minimum absolute atomic E-state index is 0.0303. The van der Waals surface area contributed by atoms with Gasteiger partial charge in [-0.1, -0.05) is 6.07 Å². The highest BCUT2D eigenvalue weighted by Gasteiger charge is 2.39. The minimum Gasteiger partial charge on any atom is -0.435 e. The molecule has 0 spiro atoms. The predicted octanol–water partition coefficient (Wildman–Crippen LogP) is 3.34. The molecule has 35 heavy (non-hydrogen) atoms. The lowest BCUT2D eigenvalue weighted by Gasteiger charge is -2.43. The number of hydrogen-bond acceptors (Lipinski definition) is 8. The fourth-order valence-electron chi connectivity index (χ4n) is 5.04. The molecule has 188 valence electrons. The first-order valence-corrected chi connectivity index (χ1v) is 11.7. The summed E-state index contributed by atoms with van der Waals surface area (Å²) in [5.41, 5.74) is -0.367. The number of rotatable bonds is 8. The van der Waals surface area contributed by atoms with Crippen molar-refractivity contribution in [2.75, 3.05) is 23.3 Å². The smallest absolute Gasteiger partial charge is 0.387 e. The first kappa shape index (κ1) is 23.7. The van der Waals surface area contributed by atoms with Crippen molar-refractivity contribution in [3.05, 3.63) is 30.5 Å². The van der Waals surface area contributed by atoms with Crippen molar-refractivity contribution in [1.29, 1.82) is 0 Å². The summed E-state index contributed by atoms with van der Waals surface area (Å²) in [7, 11) is 0. The Bertz CT molecular complexity index is 1210. The number of benzene rings is 1. The van der Waals surface area contributed by atoms with Crippen molar-refractivity contribution in [1.82, 2.24) is 19.7 Å². The van der Waals surface area contributed by atoms with Gasteiger partial charge in [0.15, 0.2) is 5.65 Å². The van der Waals surface area contributed by atoms with Gasteiger partial charge in [0.2, 0.25) is 5.95 Å². The Kier molecular flexibility index (Phi) is 5.79. The zero-order valence-electron chi connectivity index (χ0n) is 19.9. The van der Waals surface area contributed by atoms with E-state index >= 15 is 0 Å². The van der Waals surface area contributed by atoms with E-state index in [4.69, 9.17) is 9.97 Å². The topological polar surface area (TPSA) is 109 Å². The molecular weight excluding hydrogens is 458 g/mol. The van der Waals surface area contributed by atoms with Crippen LogP contribution in [-0.4, -0.2) is 66.9 Å². The van der Waals surface area contributed by atoms with E-state index in [9.17, 15) is 19.0 Å². The predicted molar refractivity (Wildman–Crippen MR) is 127 cm³/mol. The summed E-state index contributed by atoms with van der Waals surface area (Å²) in [6.07, 6.45) is 3.55. The van der Waals surface area contributed by atoms with Crippen LogP contribution in [0.3, 0.4) is 0 Å². The quantitative estimate of drug-likeness (QED) is 0.443. The van der Waals surface area contributed by atoms with Gasteiger partial charge < -0.3 is 25.2 Å². The second-order valence-corrected chi connectivity index (χ2v) is 10.6. The lowest BCUT2D eigenvalue weighted by molar-refractivity contribution is -0.0498. The first-order chi connectivity index (χ1) is 16.5. The molecule has 0 unspecified atom stereocenters. The molecule has 1 saturated heterocycles. The Morgan fingerprint density at radius 1 is 1.26 bits per heavy atom. The third kappa shape index (κ3) is 5.15. The van der Waals surface area contributed by atoms with Crippen LogP contribution in [0.5, 0.6) is 5.75 Å². The number of hydrogen-bond donors (Lipinski definition) is 3. The van der Waals surface area contributed by atoms with Gasteiger partial charge in [-0.3, -0.25) is 0 Å². The Morgan fingerprint density at radius 2 is 2.00 bits per heavy atom. The average molecular weight is 489 g/mol.